The Morgan fingerprint density at radius 2 is 1.62 bits per heavy atom. The Kier molecular flexibility index (Phi) is 3.67. The van der Waals surface area contributed by atoms with Crippen LogP contribution in [0.15, 0.2) is 0 Å². The Labute approximate surface area is 90.0 Å². The molecule has 76 valence electrons. The molecule has 0 aromatic carbocycles. The van der Waals surface area contributed by atoms with Gasteiger partial charge < -0.3 is 0 Å². The van der Waals surface area contributed by atoms with Gasteiger partial charge in [-0.15, -0.1) is 0 Å². The average Bonchev–Trinajstić information content (AvgIpc) is 2.43. The molecule has 1 saturated heterocycles. The molecule has 0 aromatic heterocycles. The van der Waals surface area contributed by atoms with Crippen molar-refractivity contribution in [3.05, 3.63) is 0 Å². The normalized spacial score (nSPS) is 33.5. The Bertz CT molecular complexity index is 152. The van der Waals surface area contributed by atoms with E-state index < -0.39 is 0 Å². The van der Waals surface area contributed by atoms with Crippen molar-refractivity contribution in [1.29, 1.82) is 0 Å². The largest absolute Gasteiger partial charge is 0.299 e. The van der Waals surface area contributed by atoms with Crippen molar-refractivity contribution >= 4 is 15.9 Å². The summed E-state index contributed by atoms with van der Waals surface area (Å²) in [6, 6.07) is 0.921. The molecule has 0 aromatic rings. The van der Waals surface area contributed by atoms with Gasteiger partial charge in [0.05, 0.1) is 0 Å². The van der Waals surface area contributed by atoms with Gasteiger partial charge in [-0.1, -0.05) is 41.6 Å². The summed E-state index contributed by atoms with van der Waals surface area (Å²) in [6.45, 7) is 2.63. The van der Waals surface area contributed by atoms with E-state index in [1.54, 1.807) is 0 Å². The van der Waals surface area contributed by atoms with Crippen molar-refractivity contribution < 1.29 is 0 Å². The van der Waals surface area contributed by atoms with Gasteiger partial charge in [-0.2, -0.15) is 0 Å². The Hall–Kier alpha value is 0.440. The number of halogens is 1. The summed E-state index contributed by atoms with van der Waals surface area (Å²) in [4.78, 5) is 3.49. The lowest BCUT2D eigenvalue weighted by Gasteiger charge is -2.26. The van der Waals surface area contributed by atoms with Gasteiger partial charge in [0.1, 0.15) is 0 Å². The molecule has 1 unspecified atom stereocenters. The minimum absolute atomic E-state index is 0.774. The lowest BCUT2D eigenvalue weighted by molar-refractivity contribution is 0.222. The first-order chi connectivity index (χ1) is 6.36. The van der Waals surface area contributed by atoms with Crippen LogP contribution in [-0.4, -0.2) is 28.9 Å². The van der Waals surface area contributed by atoms with E-state index in [0.29, 0.717) is 0 Å². The second kappa shape index (κ2) is 4.79. The molecule has 2 heteroatoms. The van der Waals surface area contributed by atoms with E-state index >= 15 is 0 Å². The van der Waals surface area contributed by atoms with E-state index in [0.717, 1.165) is 10.9 Å². The maximum absolute atomic E-state index is 3.72. The fourth-order valence-corrected chi connectivity index (χ4v) is 3.27. The van der Waals surface area contributed by atoms with Gasteiger partial charge >= 0.3 is 0 Å². The zero-order valence-corrected chi connectivity index (χ0v) is 9.93. The smallest absolute Gasteiger partial charge is 0.0285 e. The summed E-state index contributed by atoms with van der Waals surface area (Å²) in [5.41, 5.74) is 0. The van der Waals surface area contributed by atoms with Gasteiger partial charge in [0.2, 0.25) is 0 Å². The Balaban J connectivity index is 1.84. The van der Waals surface area contributed by atoms with Crippen LogP contribution in [-0.2, 0) is 0 Å². The van der Waals surface area contributed by atoms with Crippen LogP contribution in [0.4, 0.5) is 0 Å². The Morgan fingerprint density at radius 3 is 2.15 bits per heavy atom. The predicted molar refractivity (Wildman–Crippen MR) is 60.4 cm³/mol. The van der Waals surface area contributed by atoms with Gasteiger partial charge in [0, 0.05) is 17.4 Å². The second-order valence-corrected chi connectivity index (χ2v) is 5.82. The summed E-state index contributed by atoms with van der Waals surface area (Å²) >= 11 is 3.72. The van der Waals surface area contributed by atoms with Crippen LogP contribution in [0.5, 0.6) is 0 Å². The zero-order valence-electron chi connectivity index (χ0n) is 8.34. The highest BCUT2D eigenvalue weighted by molar-refractivity contribution is 9.09. The van der Waals surface area contributed by atoms with Crippen LogP contribution >= 0.6 is 15.9 Å². The summed E-state index contributed by atoms with van der Waals surface area (Å²) < 4.78 is 0. The molecule has 1 aliphatic heterocycles. The highest BCUT2D eigenvalue weighted by atomic mass is 79.9. The van der Waals surface area contributed by atoms with Gasteiger partial charge in [-0.3, -0.25) is 4.90 Å². The maximum Gasteiger partial charge on any atom is 0.0285 e. The molecule has 0 bridgehead atoms. The molecule has 2 aliphatic rings. The molecule has 1 atom stereocenters. The Morgan fingerprint density at radius 1 is 0.923 bits per heavy atom. The van der Waals surface area contributed by atoms with Gasteiger partial charge in [-0.05, 0) is 25.8 Å². The molecular weight excluding hydrogens is 226 g/mol. The van der Waals surface area contributed by atoms with Crippen molar-refractivity contribution in [2.75, 3.05) is 13.1 Å². The first kappa shape index (κ1) is 9.97. The lowest BCUT2D eigenvalue weighted by Crippen LogP contribution is -2.32. The monoisotopic (exact) mass is 245 g/mol. The van der Waals surface area contributed by atoms with Gasteiger partial charge in [0.25, 0.3) is 0 Å². The first-order valence-electron chi connectivity index (χ1n) is 5.74. The molecule has 0 N–H and O–H groups in total. The summed E-state index contributed by atoms with van der Waals surface area (Å²) in [6.07, 6.45) is 10.2. The van der Waals surface area contributed by atoms with Crippen molar-refractivity contribution in [2.24, 2.45) is 0 Å². The van der Waals surface area contributed by atoms with Crippen LogP contribution in [0.2, 0.25) is 0 Å². The molecule has 1 saturated carbocycles. The fourth-order valence-electron chi connectivity index (χ4n) is 2.70. The number of nitrogens with zero attached hydrogens (tertiary/aromatic N) is 1. The van der Waals surface area contributed by atoms with E-state index in [9.17, 15) is 0 Å². The minimum atomic E-state index is 0.774. The van der Waals surface area contributed by atoms with Crippen LogP contribution in [0, 0.1) is 0 Å². The first-order valence-corrected chi connectivity index (χ1v) is 6.66. The summed E-state index contributed by atoms with van der Waals surface area (Å²) in [5, 5.41) is 0. The predicted octanol–water partition coefficient (Wildman–Crippen LogP) is 3.18. The fraction of sp³-hybridized carbons (Fsp3) is 1.00. The van der Waals surface area contributed by atoms with E-state index in [-0.39, 0.29) is 0 Å². The molecule has 0 radical (unpaired) electrons. The number of rotatable bonds is 1. The van der Waals surface area contributed by atoms with Gasteiger partial charge in [0.15, 0.2) is 0 Å². The third-order valence-electron chi connectivity index (χ3n) is 3.50. The number of hydrogen-bond acceptors (Lipinski definition) is 1. The van der Waals surface area contributed by atoms with Crippen LogP contribution in [0.25, 0.3) is 0 Å². The lowest BCUT2D eigenvalue weighted by atomic mass is 10.1. The third-order valence-corrected chi connectivity index (χ3v) is 4.25. The van der Waals surface area contributed by atoms with E-state index in [4.69, 9.17) is 0 Å². The topological polar surface area (TPSA) is 3.24 Å². The third kappa shape index (κ3) is 2.69. The highest BCUT2D eigenvalue weighted by Crippen LogP contribution is 2.26. The summed E-state index contributed by atoms with van der Waals surface area (Å²) in [5.74, 6) is 0. The molecule has 2 rings (SSSR count). The number of alkyl halides is 1. The molecule has 0 spiro atoms. The van der Waals surface area contributed by atoms with E-state index in [2.05, 4.69) is 20.8 Å². The van der Waals surface area contributed by atoms with Crippen LogP contribution in [0.3, 0.4) is 0 Å². The number of likely N-dealkylation sites (tertiary alicyclic amines) is 1. The van der Waals surface area contributed by atoms with Crippen molar-refractivity contribution in [1.82, 2.24) is 4.90 Å². The van der Waals surface area contributed by atoms with Crippen molar-refractivity contribution in [2.45, 2.75) is 55.8 Å². The molecule has 13 heavy (non-hydrogen) atoms. The van der Waals surface area contributed by atoms with Crippen LogP contribution < -0.4 is 0 Å². The number of hydrogen-bond donors (Lipinski definition) is 0. The summed E-state index contributed by atoms with van der Waals surface area (Å²) in [7, 11) is 0. The molecule has 1 nitrogen and oxygen atoms in total. The second-order valence-electron chi connectivity index (χ2n) is 4.53. The maximum atomic E-state index is 3.72. The average molecular weight is 246 g/mol. The minimum Gasteiger partial charge on any atom is -0.299 e. The molecule has 0 amide bonds. The molecule has 1 heterocycles. The van der Waals surface area contributed by atoms with Crippen molar-refractivity contribution in [3.8, 4) is 0 Å². The molecule has 1 aliphatic carbocycles. The molecular formula is C11H20BrN. The van der Waals surface area contributed by atoms with E-state index in [1.165, 1.54) is 58.0 Å². The standard InChI is InChI=1S/C11H20BrN/c12-10-7-8-13(9-10)11-5-3-1-2-4-6-11/h10-11H,1-9H2. The molecule has 2 fully saturated rings. The highest BCUT2D eigenvalue weighted by Gasteiger charge is 2.26. The zero-order chi connectivity index (χ0) is 9.10. The van der Waals surface area contributed by atoms with Crippen molar-refractivity contribution in [3.63, 3.8) is 0 Å². The SMILES string of the molecule is BrC1CCN(C2CCCCCC2)C1. The quantitative estimate of drug-likeness (QED) is 0.507. The van der Waals surface area contributed by atoms with E-state index in [1.807, 2.05) is 0 Å². The van der Waals surface area contributed by atoms with Crippen LogP contribution in [0.1, 0.15) is 44.9 Å². The van der Waals surface area contributed by atoms with Gasteiger partial charge in [-0.25, -0.2) is 0 Å².